The zero-order valence-corrected chi connectivity index (χ0v) is 9.62. The SMILES string of the molecule is CC(SCCC(N)C(=O)O)C(=O)NC(N)=O. The number of nitrogens with one attached hydrogen (secondary N) is 1. The number of thioether (sulfide) groups is 1. The van der Waals surface area contributed by atoms with Gasteiger partial charge in [-0.1, -0.05) is 0 Å². The van der Waals surface area contributed by atoms with Crippen molar-refractivity contribution in [2.24, 2.45) is 11.5 Å². The summed E-state index contributed by atoms with van der Waals surface area (Å²) in [6, 6.07) is -1.83. The van der Waals surface area contributed by atoms with Gasteiger partial charge in [-0.15, -0.1) is 11.8 Å². The van der Waals surface area contributed by atoms with Crippen molar-refractivity contribution < 1.29 is 19.5 Å². The van der Waals surface area contributed by atoms with Crippen molar-refractivity contribution in [1.82, 2.24) is 5.32 Å². The summed E-state index contributed by atoms with van der Waals surface area (Å²) in [5.41, 5.74) is 10.0. The van der Waals surface area contributed by atoms with Crippen LogP contribution in [0.15, 0.2) is 0 Å². The predicted octanol–water partition coefficient (Wildman–Crippen LogP) is -0.895. The Morgan fingerprint density at radius 2 is 2.00 bits per heavy atom. The van der Waals surface area contributed by atoms with E-state index in [-0.39, 0.29) is 6.42 Å². The van der Waals surface area contributed by atoms with Gasteiger partial charge in [0.05, 0.1) is 5.25 Å². The summed E-state index contributed by atoms with van der Waals surface area (Å²) in [5, 5.41) is 9.96. The number of primary amides is 1. The molecule has 0 fully saturated rings. The van der Waals surface area contributed by atoms with Crippen LogP contribution in [0, 0.1) is 0 Å². The largest absolute Gasteiger partial charge is 0.480 e. The Morgan fingerprint density at radius 3 is 2.44 bits per heavy atom. The Bertz CT molecular complexity index is 284. The van der Waals surface area contributed by atoms with Gasteiger partial charge in [0.2, 0.25) is 5.91 Å². The van der Waals surface area contributed by atoms with Gasteiger partial charge in [0.25, 0.3) is 0 Å². The fraction of sp³-hybridized carbons (Fsp3) is 0.625. The van der Waals surface area contributed by atoms with E-state index in [1.165, 1.54) is 11.8 Å². The number of urea groups is 1. The van der Waals surface area contributed by atoms with Crippen molar-refractivity contribution in [3.8, 4) is 0 Å². The van der Waals surface area contributed by atoms with Gasteiger partial charge in [0, 0.05) is 0 Å². The number of aliphatic carboxylic acids is 1. The number of nitrogens with two attached hydrogens (primary N) is 2. The van der Waals surface area contributed by atoms with Crippen molar-refractivity contribution in [2.45, 2.75) is 24.6 Å². The molecule has 0 radical (unpaired) electrons. The average Bonchev–Trinajstić information content (AvgIpc) is 2.15. The van der Waals surface area contributed by atoms with Crippen LogP contribution in [-0.2, 0) is 9.59 Å². The fourth-order valence-corrected chi connectivity index (χ4v) is 1.75. The molecule has 0 bridgehead atoms. The smallest absolute Gasteiger partial charge is 0.320 e. The van der Waals surface area contributed by atoms with Crippen LogP contribution in [0.25, 0.3) is 0 Å². The molecule has 3 amide bonds. The number of hydrogen-bond donors (Lipinski definition) is 4. The Morgan fingerprint density at radius 1 is 1.44 bits per heavy atom. The van der Waals surface area contributed by atoms with Crippen molar-refractivity contribution in [2.75, 3.05) is 5.75 Å². The van der Waals surface area contributed by atoms with E-state index in [4.69, 9.17) is 16.6 Å². The molecule has 0 aromatic heterocycles. The molecule has 6 N–H and O–H groups in total. The van der Waals surface area contributed by atoms with Crippen LogP contribution in [0.5, 0.6) is 0 Å². The minimum Gasteiger partial charge on any atom is -0.480 e. The molecule has 0 saturated heterocycles. The molecule has 92 valence electrons. The molecule has 0 saturated carbocycles. The van der Waals surface area contributed by atoms with Crippen LogP contribution in [0.3, 0.4) is 0 Å². The van der Waals surface area contributed by atoms with Crippen LogP contribution in [0.4, 0.5) is 4.79 Å². The van der Waals surface area contributed by atoms with Gasteiger partial charge in [0.15, 0.2) is 0 Å². The van der Waals surface area contributed by atoms with E-state index in [1.807, 2.05) is 5.32 Å². The lowest BCUT2D eigenvalue weighted by Crippen LogP contribution is -2.39. The molecule has 0 aliphatic rings. The Kier molecular flexibility index (Phi) is 6.50. The van der Waals surface area contributed by atoms with Gasteiger partial charge in [0.1, 0.15) is 6.04 Å². The molecule has 0 aliphatic carbocycles. The molecule has 2 unspecified atom stereocenters. The van der Waals surface area contributed by atoms with Crippen LogP contribution >= 0.6 is 11.8 Å². The summed E-state index contributed by atoms with van der Waals surface area (Å²) in [6.45, 7) is 1.59. The van der Waals surface area contributed by atoms with E-state index >= 15 is 0 Å². The molecule has 16 heavy (non-hydrogen) atoms. The Hall–Kier alpha value is -1.28. The second kappa shape index (κ2) is 7.07. The number of rotatable bonds is 6. The zero-order chi connectivity index (χ0) is 12.7. The topological polar surface area (TPSA) is 136 Å². The van der Waals surface area contributed by atoms with E-state index in [0.717, 1.165) is 0 Å². The lowest BCUT2D eigenvalue weighted by Gasteiger charge is -2.11. The molecular weight excluding hydrogens is 234 g/mol. The molecule has 0 spiro atoms. The third-order valence-corrected chi connectivity index (χ3v) is 2.92. The number of carboxylic acid groups (broad SMARTS) is 1. The highest BCUT2D eigenvalue weighted by Gasteiger charge is 2.16. The molecule has 8 heteroatoms. The number of imide groups is 1. The third-order valence-electron chi connectivity index (χ3n) is 1.73. The lowest BCUT2D eigenvalue weighted by atomic mass is 10.2. The van der Waals surface area contributed by atoms with Crippen LogP contribution in [0.2, 0.25) is 0 Å². The monoisotopic (exact) mass is 249 g/mol. The van der Waals surface area contributed by atoms with Crippen molar-refractivity contribution in [3.05, 3.63) is 0 Å². The highest BCUT2D eigenvalue weighted by molar-refractivity contribution is 8.00. The van der Waals surface area contributed by atoms with Crippen LogP contribution in [-0.4, -0.2) is 40.1 Å². The zero-order valence-electron chi connectivity index (χ0n) is 8.80. The fourth-order valence-electron chi connectivity index (χ4n) is 0.794. The van der Waals surface area contributed by atoms with Gasteiger partial charge < -0.3 is 16.6 Å². The van der Waals surface area contributed by atoms with E-state index in [9.17, 15) is 14.4 Å². The molecule has 0 aliphatic heterocycles. The van der Waals surface area contributed by atoms with Crippen molar-refractivity contribution in [1.29, 1.82) is 0 Å². The maximum atomic E-state index is 11.2. The minimum atomic E-state index is -1.07. The van der Waals surface area contributed by atoms with E-state index < -0.39 is 29.2 Å². The second-order valence-corrected chi connectivity index (χ2v) is 4.55. The van der Waals surface area contributed by atoms with Gasteiger partial charge >= 0.3 is 12.0 Å². The summed E-state index contributed by atoms with van der Waals surface area (Å²) >= 11 is 1.21. The summed E-state index contributed by atoms with van der Waals surface area (Å²) < 4.78 is 0. The molecule has 0 aromatic rings. The molecular formula is C8H15N3O4S. The van der Waals surface area contributed by atoms with Crippen LogP contribution in [0.1, 0.15) is 13.3 Å². The van der Waals surface area contributed by atoms with Crippen molar-refractivity contribution in [3.63, 3.8) is 0 Å². The number of carbonyl (C=O) groups is 3. The standard InChI is InChI=1S/C8H15N3O4S/c1-4(6(12)11-8(10)15)16-3-2-5(9)7(13)14/h4-5H,2-3,9H2,1H3,(H,13,14)(H3,10,11,12,15). The normalized spacial score (nSPS) is 13.9. The van der Waals surface area contributed by atoms with Gasteiger partial charge in [-0.05, 0) is 19.1 Å². The van der Waals surface area contributed by atoms with Gasteiger partial charge in [-0.25, -0.2) is 4.79 Å². The first-order valence-electron chi connectivity index (χ1n) is 4.55. The molecule has 0 rings (SSSR count). The summed E-state index contributed by atoms with van der Waals surface area (Å²) in [4.78, 5) is 31.9. The highest BCUT2D eigenvalue weighted by Crippen LogP contribution is 2.12. The maximum Gasteiger partial charge on any atom is 0.320 e. The average molecular weight is 249 g/mol. The first kappa shape index (κ1) is 14.7. The lowest BCUT2D eigenvalue weighted by molar-refractivity contribution is -0.138. The van der Waals surface area contributed by atoms with E-state index in [2.05, 4.69) is 0 Å². The van der Waals surface area contributed by atoms with Crippen LogP contribution < -0.4 is 16.8 Å². The Labute approximate surface area is 96.9 Å². The first-order chi connectivity index (χ1) is 7.34. The van der Waals surface area contributed by atoms with Crippen molar-refractivity contribution >= 4 is 29.7 Å². The number of carbonyl (C=O) groups excluding carboxylic acids is 2. The van der Waals surface area contributed by atoms with Gasteiger partial charge in [-0.2, -0.15) is 0 Å². The molecule has 2 atom stereocenters. The summed E-state index contributed by atoms with van der Waals surface area (Å²) in [7, 11) is 0. The Balaban J connectivity index is 3.81. The maximum absolute atomic E-state index is 11.2. The van der Waals surface area contributed by atoms with Gasteiger partial charge in [-0.3, -0.25) is 14.9 Å². The first-order valence-corrected chi connectivity index (χ1v) is 5.59. The molecule has 7 nitrogen and oxygen atoms in total. The number of carboxylic acids is 1. The molecule has 0 heterocycles. The van der Waals surface area contributed by atoms with E-state index in [1.54, 1.807) is 6.92 Å². The van der Waals surface area contributed by atoms with E-state index in [0.29, 0.717) is 5.75 Å². The molecule has 0 aromatic carbocycles. The second-order valence-electron chi connectivity index (χ2n) is 3.10. The predicted molar refractivity (Wildman–Crippen MR) is 59.9 cm³/mol. The third kappa shape index (κ3) is 6.25. The quantitative estimate of drug-likeness (QED) is 0.482. The number of amides is 3. The summed E-state index contributed by atoms with van der Waals surface area (Å²) in [6.07, 6.45) is 0.258. The number of hydrogen-bond acceptors (Lipinski definition) is 5. The summed E-state index contributed by atoms with van der Waals surface area (Å²) in [5.74, 6) is -1.16. The minimum absolute atomic E-state index is 0.258. The highest BCUT2D eigenvalue weighted by atomic mass is 32.2.